The maximum atomic E-state index is 13.0. The molecule has 2 aromatic carbocycles. The molecule has 2 heterocycles. The van der Waals surface area contributed by atoms with Crippen LogP contribution in [0.4, 0.5) is 0 Å². The van der Waals surface area contributed by atoms with E-state index < -0.39 is 0 Å². The summed E-state index contributed by atoms with van der Waals surface area (Å²) in [7, 11) is 0. The van der Waals surface area contributed by atoms with Crippen LogP contribution in [0.3, 0.4) is 0 Å². The molecule has 4 rings (SSSR count). The minimum absolute atomic E-state index is 0.0313. The number of para-hydroxylation sites is 1. The van der Waals surface area contributed by atoms with Crippen LogP contribution < -0.4 is 4.74 Å². The number of aromatic nitrogens is 3. The van der Waals surface area contributed by atoms with Crippen molar-refractivity contribution < 1.29 is 9.53 Å². The normalized spacial score (nSPS) is 16.6. The molecular weight excluding hydrogens is 328 g/mol. The first-order valence-corrected chi connectivity index (χ1v) is 8.71. The van der Waals surface area contributed by atoms with Crippen LogP contribution in [0.1, 0.15) is 22.3 Å². The van der Waals surface area contributed by atoms with Gasteiger partial charge in [-0.25, -0.2) is 9.67 Å². The summed E-state index contributed by atoms with van der Waals surface area (Å²) in [6.45, 7) is 1.83. The third kappa shape index (κ3) is 3.59. The Hall–Kier alpha value is -3.15. The lowest BCUT2D eigenvalue weighted by Gasteiger charge is -2.19. The average Bonchev–Trinajstić information content (AvgIpc) is 3.35. The molecule has 3 aromatic rings. The minimum Gasteiger partial charge on any atom is -0.489 e. The van der Waals surface area contributed by atoms with E-state index in [4.69, 9.17) is 4.74 Å². The fraction of sp³-hybridized carbons (Fsp3) is 0.250. The largest absolute Gasteiger partial charge is 0.489 e. The number of ether oxygens (including phenoxy) is 1. The molecule has 0 saturated carbocycles. The van der Waals surface area contributed by atoms with Gasteiger partial charge in [-0.05, 0) is 23.8 Å². The van der Waals surface area contributed by atoms with Crippen LogP contribution in [-0.4, -0.2) is 44.8 Å². The summed E-state index contributed by atoms with van der Waals surface area (Å²) in [4.78, 5) is 18.8. The highest BCUT2D eigenvalue weighted by Crippen LogP contribution is 2.21. The molecule has 1 atom stereocenters. The summed E-state index contributed by atoms with van der Waals surface area (Å²) in [6.07, 6.45) is 4.02. The predicted molar refractivity (Wildman–Crippen MR) is 96.9 cm³/mol. The molecule has 0 radical (unpaired) electrons. The number of rotatable bonds is 5. The Kier molecular flexibility index (Phi) is 4.64. The van der Waals surface area contributed by atoms with Crippen LogP contribution in [0.15, 0.2) is 67.3 Å². The van der Waals surface area contributed by atoms with Crippen LogP contribution in [-0.2, 0) is 6.54 Å². The smallest absolute Gasteiger partial charge is 0.254 e. The number of nitrogens with zero attached hydrogens (tertiary/aromatic N) is 4. The van der Waals surface area contributed by atoms with Gasteiger partial charge in [-0.2, -0.15) is 5.10 Å². The van der Waals surface area contributed by atoms with Crippen LogP contribution >= 0.6 is 0 Å². The number of likely N-dealkylation sites (tertiary alicyclic amines) is 1. The molecule has 0 spiro atoms. The lowest BCUT2D eigenvalue weighted by atomic mass is 10.1. The monoisotopic (exact) mass is 348 g/mol. The van der Waals surface area contributed by atoms with E-state index in [1.54, 1.807) is 11.0 Å². The molecule has 1 aliphatic rings. The average molecular weight is 348 g/mol. The van der Waals surface area contributed by atoms with Gasteiger partial charge < -0.3 is 9.64 Å². The lowest BCUT2D eigenvalue weighted by Crippen LogP contribution is -2.31. The first-order valence-electron chi connectivity index (χ1n) is 8.71. The van der Waals surface area contributed by atoms with Crippen molar-refractivity contribution in [3.8, 4) is 5.75 Å². The van der Waals surface area contributed by atoms with Gasteiger partial charge in [0.15, 0.2) is 0 Å². The van der Waals surface area contributed by atoms with E-state index in [0.717, 1.165) is 17.7 Å². The molecule has 26 heavy (non-hydrogen) atoms. The van der Waals surface area contributed by atoms with Gasteiger partial charge in [-0.15, -0.1) is 0 Å². The molecule has 1 aromatic heterocycles. The van der Waals surface area contributed by atoms with Gasteiger partial charge in [-0.3, -0.25) is 4.79 Å². The summed E-state index contributed by atoms with van der Waals surface area (Å²) in [5, 5.41) is 4.13. The summed E-state index contributed by atoms with van der Waals surface area (Å²) >= 11 is 0. The molecule has 0 N–H and O–H groups in total. The molecular formula is C20H20N4O2. The SMILES string of the molecule is O=C(c1ccccc1Cn1cncn1)N1CC[C@H](Oc2ccccc2)C1. The molecule has 1 amide bonds. The second kappa shape index (κ2) is 7.39. The van der Waals surface area contributed by atoms with E-state index in [9.17, 15) is 4.79 Å². The van der Waals surface area contributed by atoms with Gasteiger partial charge >= 0.3 is 0 Å². The van der Waals surface area contributed by atoms with Gasteiger partial charge in [0.25, 0.3) is 5.91 Å². The maximum absolute atomic E-state index is 13.0. The van der Waals surface area contributed by atoms with Crippen molar-refractivity contribution in [1.82, 2.24) is 19.7 Å². The number of hydrogen-bond donors (Lipinski definition) is 0. The molecule has 1 fully saturated rings. The molecule has 0 bridgehead atoms. The van der Waals surface area contributed by atoms with Gasteiger partial charge in [0.05, 0.1) is 13.1 Å². The summed E-state index contributed by atoms with van der Waals surface area (Å²) in [6, 6.07) is 17.4. The Labute approximate surface area is 152 Å². The molecule has 0 unspecified atom stereocenters. The zero-order valence-electron chi connectivity index (χ0n) is 14.4. The van der Waals surface area contributed by atoms with Crippen molar-refractivity contribution in [3.63, 3.8) is 0 Å². The number of carbonyl (C=O) groups excluding carboxylic acids is 1. The molecule has 1 saturated heterocycles. The van der Waals surface area contributed by atoms with Crippen molar-refractivity contribution in [2.24, 2.45) is 0 Å². The Morgan fingerprint density at radius 2 is 1.92 bits per heavy atom. The van der Waals surface area contributed by atoms with Crippen molar-refractivity contribution in [1.29, 1.82) is 0 Å². The molecule has 6 heteroatoms. The topological polar surface area (TPSA) is 60.2 Å². The zero-order chi connectivity index (χ0) is 17.8. The van der Waals surface area contributed by atoms with Crippen LogP contribution in [0.25, 0.3) is 0 Å². The first kappa shape index (κ1) is 16.3. The highest BCUT2D eigenvalue weighted by atomic mass is 16.5. The van der Waals surface area contributed by atoms with Crippen molar-refractivity contribution in [2.75, 3.05) is 13.1 Å². The Bertz CT molecular complexity index is 865. The summed E-state index contributed by atoms with van der Waals surface area (Å²) in [5.74, 6) is 0.887. The molecule has 132 valence electrons. The zero-order valence-corrected chi connectivity index (χ0v) is 14.4. The molecule has 6 nitrogen and oxygen atoms in total. The van der Waals surface area contributed by atoms with E-state index in [0.29, 0.717) is 25.2 Å². The van der Waals surface area contributed by atoms with Crippen LogP contribution in [0.2, 0.25) is 0 Å². The Balaban J connectivity index is 1.45. The van der Waals surface area contributed by atoms with Gasteiger partial charge in [-0.1, -0.05) is 36.4 Å². The van der Waals surface area contributed by atoms with Crippen LogP contribution in [0, 0.1) is 0 Å². The Morgan fingerprint density at radius 1 is 1.12 bits per heavy atom. The summed E-state index contributed by atoms with van der Waals surface area (Å²) in [5.41, 5.74) is 1.65. The Morgan fingerprint density at radius 3 is 2.73 bits per heavy atom. The van der Waals surface area contributed by atoms with E-state index in [1.165, 1.54) is 6.33 Å². The highest BCUT2D eigenvalue weighted by Gasteiger charge is 2.29. The lowest BCUT2D eigenvalue weighted by molar-refractivity contribution is 0.0771. The van der Waals surface area contributed by atoms with E-state index in [2.05, 4.69) is 10.1 Å². The number of amides is 1. The summed E-state index contributed by atoms with van der Waals surface area (Å²) < 4.78 is 7.71. The minimum atomic E-state index is 0.0313. The predicted octanol–water partition coefficient (Wildman–Crippen LogP) is 2.62. The third-order valence-corrected chi connectivity index (χ3v) is 4.52. The maximum Gasteiger partial charge on any atom is 0.254 e. The number of hydrogen-bond acceptors (Lipinski definition) is 4. The van der Waals surface area contributed by atoms with E-state index >= 15 is 0 Å². The quantitative estimate of drug-likeness (QED) is 0.711. The van der Waals surface area contributed by atoms with Crippen molar-refractivity contribution >= 4 is 5.91 Å². The highest BCUT2D eigenvalue weighted by molar-refractivity contribution is 5.95. The van der Waals surface area contributed by atoms with E-state index in [-0.39, 0.29) is 12.0 Å². The number of benzene rings is 2. The fourth-order valence-corrected chi connectivity index (χ4v) is 3.23. The fourth-order valence-electron chi connectivity index (χ4n) is 3.23. The van der Waals surface area contributed by atoms with Gasteiger partial charge in [0.2, 0.25) is 0 Å². The van der Waals surface area contributed by atoms with Gasteiger partial charge in [0.1, 0.15) is 24.5 Å². The molecule has 1 aliphatic heterocycles. The van der Waals surface area contributed by atoms with E-state index in [1.807, 2.05) is 59.5 Å². The van der Waals surface area contributed by atoms with Crippen LogP contribution in [0.5, 0.6) is 5.75 Å². The second-order valence-corrected chi connectivity index (χ2v) is 6.34. The standard InChI is InChI=1S/C20H20N4O2/c25-20(19-9-5-4-6-16(19)12-24-15-21-14-22-24)23-11-10-18(13-23)26-17-7-2-1-3-8-17/h1-9,14-15,18H,10-13H2/t18-/m0/s1. The van der Waals surface area contributed by atoms with Gasteiger partial charge in [0, 0.05) is 18.5 Å². The van der Waals surface area contributed by atoms with Crippen molar-refractivity contribution in [3.05, 3.63) is 78.4 Å². The second-order valence-electron chi connectivity index (χ2n) is 6.34. The number of carbonyl (C=O) groups is 1. The first-order chi connectivity index (χ1) is 12.8. The van der Waals surface area contributed by atoms with Crippen molar-refractivity contribution in [2.45, 2.75) is 19.1 Å². The third-order valence-electron chi connectivity index (χ3n) is 4.52. The molecule has 0 aliphatic carbocycles.